The van der Waals surface area contributed by atoms with Gasteiger partial charge in [-0.1, -0.05) is 0 Å². The summed E-state index contributed by atoms with van der Waals surface area (Å²) in [6.45, 7) is 12.2. The van der Waals surface area contributed by atoms with E-state index < -0.39 is 0 Å². The number of piperazine rings is 1. The molecule has 0 aromatic carbocycles. The van der Waals surface area contributed by atoms with E-state index in [0.717, 1.165) is 6.04 Å². The zero-order valence-corrected chi connectivity index (χ0v) is 14.4. The molecule has 5 nitrogen and oxygen atoms in total. The number of nitrogens with one attached hydrogen (secondary N) is 1. The summed E-state index contributed by atoms with van der Waals surface area (Å²) >= 11 is 0. The van der Waals surface area contributed by atoms with Crippen LogP contribution in [0.2, 0.25) is 0 Å². The van der Waals surface area contributed by atoms with Crippen molar-refractivity contribution >= 4 is 0 Å². The van der Waals surface area contributed by atoms with Crippen molar-refractivity contribution in [3.05, 3.63) is 0 Å². The van der Waals surface area contributed by atoms with Crippen molar-refractivity contribution in [2.45, 2.75) is 18.9 Å². The van der Waals surface area contributed by atoms with Gasteiger partial charge in [0.15, 0.2) is 0 Å². The molecule has 0 aromatic rings. The Balaban J connectivity index is 1.57. The zero-order valence-electron chi connectivity index (χ0n) is 14.4. The van der Waals surface area contributed by atoms with Crippen LogP contribution in [0.3, 0.4) is 0 Å². The molecule has 0 aliphatic carbocycles. The lowest BCUT2D eigenvalue weighted by Crippen LogP contribution is -2.50. The van der Waals surface area contributed by atoms with Crippen LogP contribution in [0.5, 0.6) is 0 Å². The van der Waals surface area contributed by atoms with Crippen LogP contribution in [0.25, 0.3) is 0 Å². The van der Waals surface area contributed by atoms with Gasteiger partial charge in [-0.25, -0.2) is 0 Å². The predicted molar refractivity (Wildman–Crippen MR) is 90.0 cm³/mol. The molecule has 2 fully saturated rings. The highest BCUT2D eigenvalue weighted by Gasteiger charge is 2.20. The molecule has 124 valence electrons. The fraction of sp³-hybridized carbons (Fsp3) is 1.00. The van der Waals surface area contributed by atoms with Gasteiger partial charge >= 0.3 is 0 Å². The third kappa shape index (κ3) is 6.20. The summed E-state index contributed by atoms with van der Waals surface area (Å²) in [6.07, 6.45) is 2.63. The summed E-state index contributed by atoms with van der Waals surface area (Å²) in [5.41, 5.74) is 0. The highest BCUT2D eigenvalue weighted by molar-refractivity contribution is 4.78. The van der Waals surface area contributed by atoms with Crippen molar-refractivity contribution in [1.82, 2.24) is 24.9 Å². The Morgan fingerprint density at radius 3 is 1.90 bits per heavy atom. The first-order valence-corrected chi connectivity index (χ1v) is 8.65. The molecule has 2 rings (SSSR count). The smallest absolute Gasteiger partial charge is 0.0117 e. The maximum Gasteiger partial charge on any atom is 0.0117 e. The number of likely N-dealkylation sites (N-methyl/N-ethyl adjacent to an activating group) is 2. The van der Waals surface area contributed by atoms with E-state index in [1.54, 1.807) is 0 Å². The van der Waals surface area contributed by atoms with Gasteiger partial charge in [-0.3, -0.25) is 9.80 Å². The van der Waals surface area contributed by atoms with Gasteiger partial charge in [0.2, 0.25) is 0 Å². The van der Waals surface area contributed by atoms with Gasteiger partial charge in [-0.05, 0) is 47.1 Å². The molecule has 0 spiro atoms. The molecule has 0 aromatic heterocycles. The van der Waals surface area contributed by atoms with Crippen LogP contribution in [0.4, 0.5) is 0 Å². The Labute approximate surface area is 131 Å². The summed E-state index contributed by atoms with van der Waals surface area (Å²) in [6, 6.07) is 0.799. The quantitative estimate of drug-likeness (QED) is 0.705. The first kappa shape index (κ1) is 17.2. The Morgan fingerprint density at radius 1 is 0.857 bits per heavy atom. The van der Waals surface area contributed by atoms with Crippen LogP contribution < -0.4 is 5.32 Å². The molecule has 2 aliphatic heterocycles. The third-order valence-electron chi connectivity index (χ3n) is 5.03. The summed E-state index contributed by atoms with van der Waals surface area (Å²) in [7, 11) is 6.63. The van der Waals surface area contributed by atoms with Crippen LogP contribution in [0.15, 0.2) is 0 Å². The molecule has 0 bridgehead atoms. The zero-order chi connectivity index (χ0) is 15.1. The van der Waals surface area contributed by atoms with E-state index in [2.05, 4.69) is 46.1 Å². The maximum absolute atomic E-state index is 3.45. The maximum atomic E-state index is 3.45. The molecular weight excluding hydrogens is 262 g/mol. The van der Waals surface area contributed by atoms with Crippen molar-refractivity contribution in [2.75, 3.05) is 86.6 Å². The van der Waals surface area contributed by atoms with Gasteiger partial charge in [0.05, 0.1) is 0 Å². The second kappa shape index (κ2) is 9.06. The fourth-order valence-corrected chi connectivity index (χ4v) is 3.31. The van der Waals surface area contributed by atoms with E-state index in [-0.39, 0.29) is 0 Å². The van der Waals surface area contributed by atoms with Crippen LogP contribution in [-0.2, 0) is 0 Å². The van der Waals surface area contributed by atoms with Gasteiger partial charge in [-0.2, -0.15) is 0 Å². The summed E-state index contributed by atoms with van der Waals surface area (Å²) in [5.74, 6) is 0. The van der Waals surface area contributed by atoms with Gasteiger partial charge in [0.25, 0.3) is 0 Å². The second-order valence-corrected chi connectivity index (χ2v) is 6.95. The molecule has 1 N–H and O–H groups in total. The van der Waals surface area contributed by atoms with Gasteiger partial charge in [0.1, 0.15) is 0 Å². The minimum Gasteiger partial charge on any atom is -0.317 e. The number of piperidine rings is 1. The lowest BCUT2D eigenvalue weighted by molar-refractivity contribution is 0.106. The molecule has 0 atom stereocenters. The lowest BCUT2D eigenvalue weighted by Gasteiger charge is -2.37. The van der Waals surface area contributed by atoms with Crippen molar-refractivity contribution in [3.8, 4) is 0 Å². The Hall–Kier alpha value is -0.200. The molecule has 0 unspecified atom stereocenters. The first-order valence-electron chi connectivity index (χ1n) is 8.65. The molecule has 21 heavy (non-hydrogen) atoms. The topological polar surface area (TPSA) is 25.0 Å². The van der Waals surface area contributed by atoms with Crippen LogP contribution in [0, 0.1) is 0 Å². The Morgan fingerprint density at radius 2 is 1.38 bits per heavy atom. The predicted octanol–water partition coefficient (Wildman–Crippen LogP) is -0.151. The van der Waals surface area contributed by atoms with E-state index in [1.807, 2.05) is 0 Å². The minimum atomic E-state index is 0.799. The normalized spacial score (nSPS) is 23.3. The number of rotatable bonds is 7. The SMILES string of the molecule is CN(C)CCN1CCN(CCN(C)C2CCNCC2)CC1. The monoisotopic (exact) mass is 297 g/mol. The lowest BCUT2D eigenvalue weighted by atomic mass is 10.1. The van der Waals surface area contributed by atoms with Crippen molar-refractivity contribution < 1.29 is 0 Å². The van der Waals surface area contributed by atoms with E-state index >= 15 is 0 Å². The summed E-state index contributed by atoms with van der Waals surface area (Å²) < 4.78 is 0. The Bertz CT molecular complexity index is 270. The molecule has 2 heterocycles. The number of hydrogen-bond donors (Lipinski definition) is 1. The van der Waals surface area contributed by atoms with E-state index in [1.165, 1.54) is 78.3 Å². The van der Waals surface area contributed by atoms with Crippen LogP contribution in [0.1, 0.15) is 12.8 Å². The van der Waals surface area contributed by atoms with Crippen molar-refractivity contribution in [2.24, 2.45) is 0 Å². The standard InChI is InChI=1S/C16H35N5/c1-18(2)8-10-20-12-14-21(15-13-20)11-9-19(3)16-4-6-17-7-5-16/h16-17H,4-15H2,1-3H3. The summed E-state index contributed by atoms with van der Waals surface area (Å²) in [5, 5.41) is 3.45. The average Bonchev–Trinajstić information content (AvgIpc) is 2.52. The number of hydrogen-bond acceptors (Lipinski definition) is 5. The Kier molecular flexibility index (Phi) is 7.40. The van der Waals surface area contributed by atoms with E-state index in [4.69, 9.17) is 0 Å². The summed E-state index contributed by atoms with van der Waals surface area (Å²) in [4.78, 5) is 10.1. The number of nitrogens with zero attached hydrogens (tertiary/aromatic N) is 4. The largest absolute Gasteiger partial charge is 0.317 e. The van der Waals surface area contributed by atoms with Gasteiger partial charge in [0, 0.05) is 58.4 Å². The average molecular weight is 297 g/mol. The molecule has 2 saturated heterocycles. The van der Waals surface area contributed by atoms with Gasteiger partial charge in [-0.15, -0.1) is 0 Å². The molecule has 0 amide bonds. The highest BCUT2D eigenvalue weighted by atomic mass is 15.3. The first-order chi connectivity index (χ1) is 10.1. The minimum absolute atomic E-state index is 0.799. The fourth-order valence-electron chi connectivity index (χ4n) is 3.31. The molecule has 0 radical (unpaired) electrons. The van der Waals surface area contributed by atoms with Crippen molar-refractivity contribution in [1.29, 1.82) is 0 Å². The van der Waals surface area contributed by atoms with E-state index in [9.17, 15) is 0 Å². The second-order valence-electron chi connectivity index (χ2n) is 6.95. The highest BCUT2D eigenvalue weighted by Crippen LogP contribution is 2.10. The van der Waals surface area contributed by atoms with Crippen LogP contribution >= 0.6 is 0 Å². The van der Waals surface area contributed by atoms with Crippen LogP contribution in [-0.4, -0.2) is 112 Å². The molecular formula is C16H35N5. The molecule has 2 aliphatic rings. The van der Waals surface area contributed by atoms with Crippen molar-refractivity contribution in [3.63, 3.8) is 0 Å². The molecule has 0 saturated carbocycles. The van der Waals surface area contributed by atoms with Gasteiger partial charge < -0.3 is 15.1 Å². The van der Waals surface area contributed by atoms with E-state index in [0.29, 0.717) is 0 Å². The third-order valence-corrected chi connectivity index (χ3v) is 5.03. The molecule has 5 heteroatoms.